The van der Waals surface area contributed by atoms with Gasteiger partial charge in [-0.1, -0.05) is 12.1 Å². The van der Waals surface area contributed by atoms with Crippen molar-refractivity contribution in [2.24, 2.45) is 5.73 Å². The predicted molar refractivity (Wildman–Crippen MR) is 75.8 cm³/mol. The second-order valence-electron chi connectivity index (χ2n) is 5.04. The smallest absolute Gasteiger partial charge is 0.244 e. The van der Waals surface area contributed by atoms with Crippen molar-refractivity contribution >= 4 is 12.0 Å². The topological polar surface area (TPSA) is 64.3 Å². The summed E-state index contributed by atoms with van der Waals surface area (Å²) in [5.74, 6) is 0.698. The number of nitrogens with one attached hydrogen (secondary N) is 1. The second-order valence-corrected chi connectivity index (χ2v) is 5.04. The quantitative estimate of drug-likeness (QED) is 0.792. The molecule has 0 bridgehead atoms. The highest BCUT2D eigenvalue weighted by molar-refractivity contribution is 5.91. The van der Waals surface area contributed by atoms with Gasteiger partial charge < -0.3 is 15.8 Å². The molecule has 102 valence electrons. The number of amides is 1. The molecule has 0 atom stereocenters. The third kappa shape index (κ3) is 3.83. The number of benzene rings is 1. The molecule has 1 aliphatic rings. The molecule has 0 unspecified atom stereocenters. The van der Waals surface area contributed by atoms with E-state index in [1.807, 2.05) is 24.3 Å². The summed E-state index contributed by atoms with van der Waals surface area (Å²) in [6.07, 6.45) is 6.46. The number of hydrogen-bond acceptors (Lipinski definition) is 3. The fraction of sp³-hybridized carbons (Fsp3) is 0.400. The molecule has 1 amide bonds. The van der Waals surface area contributed by atoms with Gasteiger partial charge in [-0.15, -0.1) is 0 Å². The second kappa shape index (κ2) is 5.89. The van der Waals surface area contributed by atoms with E-state index >= 15 is 0 Å². The van der Waals surface area contributed by atoms with Crippen molar-refractivity contribution in [2.45, 2.75) is 24.8 Å². The van der Waals surface area contributed by atoms with Crippen LogP contribution >= 0.6 is 0 Å². The summed E-state index contributed by atoms with van der Waals surface area (Å²) in [6.45, 7) is 0.554. The van der Waals surface area contributed by atoms with E-state index in [2.05, 4.69) is 5.32 Å². The van der Waals surface area contributed by atoms with Gasteiger partial charge in [0.2, 0.25) is 5.91 Å². The Balaban J connectivity index is 1.81. The lowest BCUT2D eigenvalue weighted by Crippen LogP contribution is -2.54. The Morgan fingerprint density at radius 3 is 2.63 bits per heavy atom. The summed E-state index contributed by atoms with van der Waals surface area (Å²) in [4.78, 5) is 11.6. The van der Waals surface area contributed by atoms with Crippen LogP contribution in [0.1, 0.15) is 24.8 Å². The Kier molecular flexibility index (Phi) is 4.22. The van der Waals surface area contributed by atoms with E-state index in [0.717, 1.165) is 30.6 Å². The first-order chi connectivity index (χ1) is 9.11. The highest BCUT2D eigenvalue weighted by atomic mass is 16.5. The van der Waals surface area contributed by atoms with E-state index in [4.69, 9.17) is 10.5 Å². The first-order valence-corrected chi connectivity index (χ1v) is 6.50. The summed E-state index contributed by atoms with van der Waals surface area (Å²) in [5.41, 5.74) is 6.82. The molecule has 2 rings (SSSR count). The summed E-state index contributed by atoms with van der Waals surface area (Å²) in [7, 11) is 1.63. The molecule has 0 heterocycles. The first kappa shape index (κ1) is 13.6. The first-order valence-electron chi connectivity index (χ1n) is 6.50. The van der Waals surface area contributed by atoms with Crippen LogP contribution in [0.25, 0.3) is 6.08 Å². The molecule has 1 fully saturated rings. The lowest BCUT2D eigenvalue weighted by Gasteiger charge is -2.37. The van der Waals surface area contributed by atoms with Crippen molar-refractivity contribution in [3.8, 4) is 5.75 Å². The average molecular weight is 260 g/mol. The summed E-state index contributed by atoms with van der Waals surface area (Å²) in [6, 6.07) is 7.53. The van der Waals surface area contributed by atoms with Gasteiger partial charge >= 0.3 is 0 Å². The van der Waals surface area contributed by atoms with Gasteiger partial charge in [0.15, 0.2) is 0 Å². The largest absolute Gasteiger partial charge is 0.497 e. The van der Waals surface area contributed by atoms with Crippen LogP contribution in [0.3, 0.4) is 0 Å². The summed E-state index contributed by atoms with van der Waals surface area (Å²) in [5, 5.41) is 2.84. The molecular weight excluding hydrogens is 240 g/mol. The van der Waals surface area contributed by atoms with Crippen molar-refractivity contribution in [2.75, 3.05) is 13.7 Å². The van der Waals surface area contributed by atoms with Crippen molar-refractivity contribution in [3.63, 3.8) is 0 Å². The van der Waals surface area contributed by atoms with Gasteiger partial charge in [-0.05, 0) is 43.0 Å². The van der Waals surface area contributed by atoms with E-state index in [1.165, 1.54) is 6.08 Å². The predicted octanol–water partition coefficient (Wildman–Crippen LogP) is 1.71. The molecule has 0 aromatic heterocycles. The number of carbonyl (C=O) groups excluding carboxylic acids is 1. The Morgan fingerprint density at radius 1 is 1.42 bits per heavy atom. The van der Waals surface area contributed by atoms with Crippen molar-refractivity contribution in [3.05, 3.63) is 35.9 Å². The van der Waals surface area contributed by atoms with Gasteiger partial charge in [0.05, 0.1) is 7.11 Å². The standard InChI is InChI=1S/C15H20N2O2/c1-19-13-6-3-12(4-7-13)5-8-14(18)17-11-15(16)9-2-10-15/h3-8H,2,9-11,16H2,1H3,(H,17,18)/b8-5+. The van der Waals surface area contributed by atoms with Gasteiger partial charge in [0, 0.05) is 18.2 Å². The molecule has 0 radical (unpaired) electrons. The van der Waals surface area contributed by atoms with Crippen LogP contribution in [0.15, 0.2) is 30.3 Å². The minimum absolute atomic E-state index is 0.104. The highest BCUT2D eigenvalue weighted by Gasteiger charge is 2.32. The highest BCUT2D eigenvalue weighted by Crippen LogP contribution is 2.27. The molecule has 0 spiro atoms. The number of methoxy groups -OCH3 is 1. The van der Waals surface area contributed by atoms with Crippen molar-refractivity contribution in [1.29, 1.82) is 0 Å². The Hall–Kier alpha value is -1.81. The number of rotatable bonds is 5. The normalized spacial score (nSPS) is 16.9. The fourth-order valence-electron chi connectivity index (χ4n) is 2.02. The summed E-state index contributed by atoms with van der Waals surface area (Å²) >= 11 is 0. The molecule has 4 heteroatoms. The molecule has 1 saturated carbocycles. The Bertz CT molecular complexity index is 462. The van der Waals surface area contributed by atoms with E-state index in [-0.39, 0.29) is 11.4 Å². The van der Waals surface area contributed by atoms with Gasteiger partial charge in [0.1, 0.15) is 5.75 Å². The number of ether oxygens (including phenoxy) is 1. The molecule has 0 aliphatic heterocycles. The Labute approximate surface area is 113 Å². The van der Waals surface area contributed by atoms with Crippen LogP contribution in [0.4, 0.5) is 0 Å². The third-order valence-corrected chi connectivity index (χ3v) is 3.51. The van der Waals surface area contributed by atoms with Crippen molar-refractivity contribution < 1.29 is 9.53 Å². The van der Waals surface area contributed by atoms with Crippen LogP contribution in [0.2, 0.25) is 0 Å². The zero-order valence-corrected chi connectivity index (χ0v) is 11.2. The van der Waals surface area contributed by atoms with E-state index in [9.17, 15) is 4.79 Å². The number of hydrogen-bond donors (Lipinski definition) is 2. The lowest BCUT2D eigenvalue weighted by molar-refractivity contribution is -0.116. The number of nitrogens with two attached hydrogens (primary N) is 1. The minimum Gasteiger partial charge on any atom is -0.497 e. The van der Waals surface area contributed by atoms with Crippen molar-refractivity contribution in [1.82, 2.24) is 5.32 Å². The maximum Gasteiger partial charge on any atom is 0.244 e. The Morgan fingerprint density at radius 2 is 2.11 bits per heavy atom. The van der Waals surface area contributed by atoms with E-state index < -0.39 is 0 Å². The lowest BCUT2D eigenvalue weighted by atomic mass is 9.78. The summed E-state index contributed by atoms with van der Waals surface area (Å²) < 4.78 is 5.07. The third-order valence-electron chi connectivity index (χ3n) is 3.51. The van der Waals surface area contributed by atoms with Gasteiger partial charge in [-0.3, -0.25) is 4.79 Å². The monoisotopic (exact) mass is 260 g/mol. The molecular formula is C15H20N2O2. The van der Waals surface area contributed by atoms with Gasteiger partial charge in [-0.25, -0.2) is 0 Å². The maximum absolute atomic E-state index is 11.6. The molecule has 4 nitrogen and oxygen atoms in total. The molecule has 0 saturated heterocycles. The van der Waals surface area contributed by atoms with Crippen LogP contribution in [0, 0.1) is 0 Å². The minimum atomic E-state index is -0.177. The fourth-order valence-corrected chi connectivity index (χ4v) is 2.02. The maximum atomic E-state index is 11.6. The molecule has 3 N–H and O–H groups in total. The van der Waals surface area contributed by atoms with Crippen LogP contribution < -0.4 is 15.8 Å². The zero-order chi connectivity index (χ0) is 13.7. The zero-order valence-electron chi connectivity index (χ0n) is 11.2. The average Bonchev–Trinajstić information content (AvgIpc) is 2.41. The van der Waals surface area contributed by atoms with E-state index in [1.54, 1.807) is 13.2 Å². The van der Waals surface area contributed by atoms with Gasteiger partial charge in [-0.2, -0.15) is 0 Å². The van der Waals surface area contributed by atoms with E-state index in [0.29, 0.717) is 6.54 Å². The van der Waals surface area contributed by atoms with Crippen LogP contribution in [0.5, 0.6) is 5.75 Å². The molecule has 1 aromatic carbocycles. The van der Waals surface area contributed by atoms with Crippen LogP contribution in [-0.2, 0) is 4.79 Å². The SMILES string of the molecule is COc1ccc(/C=C/C(=O)NCC2(N)CCC2)cc1. The van der Waals surface area contributed by atoms with Crippen LogP contribution in [-0.4, -0.2) is 25.1 Å². The van der Waals surface area contributed by atoms with Gasteiger partial charge in [0.25, 0.3) is 0 Å². The molecule has 1 aliphatic carbocycles. The molecule has 1 aromatic rings. The molecule has 19 heavy (non-hydrogen) atoms. The number of carbonyl (C=O) groups is 1.